The van der Waals surface area contributed by atoms with Gasteiger partial charge in [0, 0.05) is 23.5 Å². The van der Waals surface area contributed by atoms with Gasteiger partial charge in [-0.3, -0.25) is 0 Å². The molecule has 0 spiro atoms. The van der Waals surface area contributed by atoms with Crippen molar-refractivity contribution in [3.05, 3.63) is 40.6 Å². The number of nitriles is 2. The minimum Gasteiger partial charge on any atom is -0.334 e. The van der Waals surface area contributed by atoms with Crippen molar-refractivity contribution in [3.63, 3.8) is 0 Å². The van der Waals surface area contributed by atoms with Crippen molar-refractivity contribution in [1.82, 2.24) is 4.57 Å². The zero-order valence-corrected chi connectivity index (χ0v) is 9.86. The Morgan fingerprint density at radius 3 is 2.59 bits per heavy atom. The molecule has 0 saturated heterocycles. The monoisotopic (exact) mass is 241 g/mol. The number of allylic oxidation sites excluding steroid dienone is 1. The number of fused-ring (bicyclic) bond motifs is 1. The van der Waals surface area contributed by atoms with Gasteiger partial charge in [0.25, 0.3) is 0 Å². The van der Waals surface area contributed by atoms with Crippen LogP contribution >= 0.6 is 11.6 Å². The Bertz CT molecular complexity index is 680. The molecular weight excluding hydrogens is 234 g/mol. The highest BCUT2D eigenvalue weighted by atomic mass is 35.5. The molecule has 1 heterocycles. The van der Waals surface area contributed by atoms with E-state index in [1.54, 1.807) is 0 Å². The lowest BCUT2D eigenvalue weighted by molar-refractivity contribution is 0.969. The summed E-state index contributed by atoms with van der Waals surface area (Å²) >= 11 is 6.19. The molecule has 0 aliphatic carbocycles. The zero-order chi connectivity index (χ0) is 12.4. The molecule has 2 aromatic rings. The van der Waals surface area contributed by atoms with Crippen molar-refractivity contribution in [1.29, 1.82) is 10.5 Å². The number of hydrogen-bond donors (Lipinski definition) is 0. The maximum Gasteiger partial charge on any atom is 0.130 e. The summed E-state index contributed by atoms with van der Waals surface area (Å²) in [5, 5.41) is 19.0. The fourth-order valence-corrected chi connectivity index (χ4v) is 2.01. The number of nitrogens with zero attached hydrogens (tertiary/aromatic N) is 3. The van der Waals surface area contributed by atoms with E-state index in [0.717, 1.165) is 10.9 Å². The van der Waals surface area contributed by atoms with Gasteiger partial charge in [0.2, 0.25) is 0 Å². The van der Waals surface area contributed by atoms with E-state index in [1.165, 1.54) is 6.08 Å². The number of benzene rings is 1. The van der Waals surface area contributed by atoms with Gasteiger partial charge >= 0.3 is 0 Å². The maximum absolute atomic E-state index is 8.77. The Kier molecular flexibility index (Phi) is 2.87. The predicted molar refractivity (Wildman–Crippen MR) is 67.1 cm³/mol. The van der Waals surface area contributed by atoms with Gasteiger partial charge in [0.05, 0.1) is 0 Å². The Morgan fingerprint density at radius 1 is 1.29 bits per heavy atom. The summed E-state index contributed by atoms with van der Waals surface area (Å²) < 4.78 is 1.83. The lowest BCUT2D eigenvalue weighted by atomic mass is 10.1. The zero-order valence-electron chi connectivity index (χ0n) is 9.11. The second kappa shape index (κ2) is 4.33. The molecule has 0 aliphatic heterocycles. The summed E-state index contributed by atoms with van der Waals surface area (Å²) in [7, 11) is 1.85. The molecule has 0 bridgehead atoms. The first-order valence-electron chi connectivity index (χ1n) is 4.94. The van der Waals surface area contributed by atoms with Crippen LogP contribution in [0.3, 0.4) is 0 Å². The molecule has 0 radical (unpaired) electrons. The topological polar surface area (TPSA) is 52.5 Å². The van der Waals surface area contributed by atoms with E-state index in [-0.39, 0.29) is 5.57 Å². The van der Waals surface area contributed by atoms with Crippen molar-refractivity contribution in [2.45, 2.75) is 0 Å². The van der Waals surface area contributed by atoms with Crippen molar-refractivity contribution in [3.8, 4) is 12.1 Å². The molecule has 0 saturated carbocycles. The third-order valence-electron chi connectivity index (χ3n) is 2.60. The van der Waals surface area contributed by atoms with Crippen LogP contribution in [0.15, 0.2) is 29.8 Å². The van der Waals surface area contributed by atoms with Crippen LogP contribution < -0.4 is 0 Å². The van der Waals surface area contributed by atoms with Gasteiger partial charge in [0.1, 0.15) is 22.9 Å². The Hall–Kier alpha value is -2.23. The molecule has 0 unspecified atom stereocenters. The third kappa shape index (κ3) is 1.78. The van der Waals surface area contributed by atoms with E-state index in [9.17, 15) is 0 Å². The summed E-state index contributed by atoms with van der Waals surface area (Å²) in [6.45, 7) is 0. The lowest BCUT2D eigenvalue weighted by Crippen LogP contribution is -1.85. The number of hydrogen-bond acceptors (Lipinski definition) is 2. The Morgan fingerprint density at radius 2 is 1.94 bits per heavy atom. The molecule has 0 amide bonds. The van der Waals surface area contributed by atoms with Gasteiger partial charge in [-0.15, -0.1) is 0 Å². The van der Waals surface area contributed by atoms with Gasteiger partial charge < -0.3 is 4.57 Å². The summed E-state index contributed by atoms with van der Waals surface area (Å²) in [4.78, 5) is 0. The van der Waals surface area contributed by atoms with Crippen molar-refractivity contribution >= 4 is 28.6 Å². The van der Waals surface area contributed by atoms with Crippen molar-refractivity contribution in [2.24, 2.45) is 7.05 Å². The summed E-state index contributed by atoms with van der Waals surface area (Å²) in [5.41, 5.74) is 1.73. The van der Waals surface area contributed by atoms with E-state index in [4.69, 9.17) is 22.1 Å². The second-order valence-corrected chi connectivity index (χ2v) is 3.92. The van der Waals surface area contributed by atoms with Gasteiger partial charge in [-0.2, -0.15) is 10.5 Å². The Labute approximate surface area is 104 Å². The van der Waals surface area contributed by atoms with E-state index >= 15 is 0 Å². The second-order valence-electron chi connectivity index (χ2n) is 3.56. The van der Waals surface area contributed by atoms with Crippen LogP contribution in [0.25, 0.3) is 17.0 Å². The number of aromatic nitrogens is 1. The molecule has 1 aromatic heterocycles. The van der Waals surface area contributed by atoms with Crippen molar-refractivity contribution in [2.75, 3.05) is 0 Å². The first-order chi connectivity index (χ1) is 8.19. The minimum absolute atomic E-state index is 0.0447. The molecule has 1 aromatic carbocycles. The van der Waals surface area contributed by atoms with Crippen molar-refractivity contribution < 1.29 is 0 Å². The van der Waals surface area contributed by atoms with Gasteiger partial charge in [-0.25, -0.2) is 0 Å². The number of rotatable bonds is 1. The van der Waals surface area contributed by atoms with Gasteiger partial charge in [0.15, 0.2) is 0 Å². The fraction of sp³-hybridized carbons (Fsp3) is 0.0769. The van der Waals surface area contributed by atoms with E-state index in [2.05, 4.69) is 0 Å². The Balaban J connectivity index is 2.80. The van der Waals surface area contributed by atoms with Crippen LogP contribution in [0.5, 0.6) is 0 Å². The first-order valence-corrected chi connectivity index (χ1v) is 5.31. The highest BCUT2D eigenvalue weighted by molar-refractivity contribution is 6.33. The molecular formula is C13H8ClN3. The normalized spacial score (nSPS) is 9.65. The van der Waals surface area contributed by atoms with Crippen LogP contribution in [-0.4, -0.2) is 4.57 Å². The SMILES string of the molecule is Cn1c(Cl)c(C=C(C#N)C#N)c2ccccc21. The molecule has 0 N–H and O–H groups in total. The molecule has 17 heavy (non-hydrogen) atoms. The van der Waals surface area contributed by atoms with Crippen LogP contribution in [0.4, 0.5) is 0 Å². The third-order valence-corrected chi connectivity index (χ3v) is 3.06. The molecule has 3 nitrogen and oxygen atoms in total. The van der Waals surface area contributed by atoms with Crippen LogP contribution in [0.1, 0.15) is 5.56 Å². The van der Waals surface area contributed by atoms with Gasteiger partial charge in [-0.05, 0) is 12.1 Å². The number of para-hydroxylation sites is 1. The molecule has 0 aliphatic rings. The highest BCUT2D eigenvalue weighted by Crippen LogP contribution is 2.30. The van der Waals surface area contributed by atoms with Crippen LogP contribution in [0, 0.1) is 22.7 Å². The maximum atomic E-state index is 8.77. The fourth-order valence-electron chi connectivity index (χ4n) is 1.76. The molecule has 2 rings (SSSR count). The van der Waals surface area contributed by atoms with E-state index in [1.807, 2.05) is 48.0 Å². The first kappa shape index (κ1) is 11.3. The van der Waals surface area contributed by atoms with Gasteiger partial charge in [-0.1, -0.05) is 29.8 Å². The van der Waals surface area contributed by atoms with Crippen LogP contribution in [0.2, 0.25) is 5.15 Å². The molecule has 4 heteroatoms. The average Bonchev–Trinajstić information content (AvgIpc) is 2.61. The van der Waals surface area contributed by atoms with E-state index in [0.29, 0.717) is 10.7 Å². The van der Waals surface area contributed by atoms with E-state index < -0.39 is 0 Å². The quantitative estimate of drug-likeness (QED) is 0.720. The number of aryl methyl sites for hydroxylation is 1. The summed E-state index contributed by atoms with van der Waals surface area (Å²) in [6, 6.07) is 11.3. The molecule has 0 fully saturated rings. The minimum atomic E-state index is 0.0447. The molecule has 0 atom stereocenters. The standard InChI is InChI=1S/C13H8ClN3/c1-17-12-5-3-2-4-10(12)11(13(17)14)6-9(7-15)8-16/h2-6H,1H3. The lowest BCUT2D eigenvalue weighted by Gasteiger charge is -1.95. The van der Waals surface area contributed by atoms with Crippen LogP contribution in [-0.2, 0) is 7.05 Å². The average molecular weight is 242 g/mol. The highest BCUT2D eigenvalue weighted by Gasteiger charge is 2.11. The predicted octanol–water partition coefficient (Wildman–Crippen LogP) is 3.26. The molecule has 82 valence electrons. The smallest absolute Gasteiger partial charge is 0.130 e. The number of halogens is 1. The summed E-state index contributed by atoms with van der Waals surface area (Å²) in [6.07, 6.45) is 1.52. The largest absolute Gasteiger partial charge is 0.334 e. The summed E-state index contributed by atoms with van der Waals surface area (Å²) in [5.74, 6) is 0.